The number of aromatic nitrogens is 1. The number of thioether (sulfide) groups is 1. The van der Waals surface area contributed by atoms with Gasteiger partial charge in [-0.05, 0) is 30.7 Å². The predicted octanol–water partition coefficient (Wildman–Crippen LogP) is 2.73. The van der Waals surface area contributed by atoms with Crippen LogP contribution in [-0.4, -0.2) is 28.7 Å². The molecule has 1 heterocycles. The number of hydrogen-bond donors (Lipinski definition) is 0. The van der Waals surface area contributed by atoms with Gasteiger partial charge >= 0.3 is 5.97 Å². The summed E-state index contributed by atoms with van der Waals surface area (Å²) in [5.74, 6) is 0.602. The lowest BCUT2D eigenvalue weighted by atomic mass is 10.1. The van der Waals surface area contributed by atoms with E-state index in [1.807, 2.05) is 6.92 Å². The molecule has 1 aromatic heterocycles. The third-order valence-electron chi connectivity index (χ3n) is 3.45. The Morgan fingerprint density at radius 2 is 2.30 bits per heavy atom. The van der Waals surface area contributed by atoms with Crippen LogP contribution in [0.3, 0.4) is 0 Å². The second-order valence-electron chi connectivity index (χ2n) is 5.11. The minimum absolute atomic E-state index is 0.00236. The van der Waals surface area contributed by atoms with Crippen LogP contribution in [0.5, 0.6) is 0 Å². The maximum absolute atomic E-state index is 11.3. The zero-order chi connectivity index (χ0) is 14.8. The molecule has 0 aromatic carbocycles. The molecule has 0 radical (unpaired) electrons. The summed E-state index contributed by atoms with van der Waals surface area (Å²) in [4.78, 5) is 25.7. The van der Waals surface area contributed by atoms with Crippen LogP contribution in [0, 0.1) is 22.5 Å². The smallest absolute Gasteiger partial charge is 0.306 e. The van der Waals surface area contributed by atoms with E-state index in [9.17, 15) is 14.9 Å². The van der Waals surface area contributed by atoms with E-state index >= 15 is 0 Å². The second kappa shape index (κ2) is 5.78. The van der Waals surface area contributed by atoms with Crippen molar-refractivity contribution >= 4 is 23.4 Å². The predicted molar refractivity (Wildman–Crippen MR) is 74.7 cm³/mol. The molecule has 108 valence electrons. The number of nitrogens with zero attached hydrogens (tertiary/aromatic N) is 2. The quantitative estimate of drug-likeness (QED) is 0.347. The molecule has 6 nitrogen and oxygen atoms in total. The number of nitro groups is 1. The number of aryl methyl sites for hydroxylation is 1. The summed E-state index contributed by atoms with van der Waals surface area (Å²) >= 11 is 1.55. The average Bonchev–Trinajstić information content (AvgIpc) is 3.17. The zero-order valence-corrected chi connectivity index (χ0v) is 12.2. The number of methoxy groups -OCH3 is 1. The second-order valence-corrected chi connectivity index (χ2v) is 6.08. The molecule has 0 aliphatic heterocycles. The molecule has 1 saturated carbocycles. The first-order valence-electron chi connectivity index (χ1n) is 6.26. The molecular formula is C13H16N2O4S. The lowest BCUT2D eigenvalue weighted by Crippen LogP contribution is -2.13. The van der Waals surface area contributed by atoms with Crippen molar-refractivity contribution in [3.05, 3.63) is 27.9 Å². The molecule has 1 fully saturated rings. The maximum Gasteiger partial charge on any atom is 0.306 e. The summed E-state index contributed by atoms with van der Waals surface area (Å²) < 4.78 is 4.71. The van der Waals surface area contributed by atoms with Gasteiger partial charge in [-0.25, -0.2) is 4.98 Å². The first kappa shape index (κ1) is 14.8. The van der Waals surface area contributed by atoms with Gasteiger partial charge in [0.15, 0.2) is 0 Å². The highest BCUT2D eigenvalue weighted by atomic mass is 32.2. The van der Waals surface area contributed by atoms with Crippen molar-refractivity contribution in [2.24, 2.45) is 5.41 Å². The molecular weight excluding hydrogens is 280 g/mol. The monoisotopic (exact) mass is 296 g/mol. The van der Waals surface area contributed by atoms with E-state index in [4.69, 9.17) is 4.74 Å². The first-order chi connectivity index (χ1) is 9.46. The highest BCUT2D eigenvalue weighted by Gasteiger charge is 2.44. The van der Waals surface area contributed by atoms with Crippen LogP contribution in [0.4, 0.5) is 5.69 Å². The SMILES string of the molecule is COC(=O)CC1(CSc2ncc([N+](=O)[O-])cc2C)CC1. The van der Waals surface area contributed by atoms with Gasteiger partial charge in [-0.15, -0.1) is 11.8 Å². The van der Waals surface area contributed by atoms with Crippen molar-refractivity contribution in [1.82, 2.24) is 4.98 Å². The number of carbonyl (C=O) groups is 1. The van der Waals surface area contributed by atoms with E-state index < -0.39 is 4.92 Å². The summed E-state index contributed by atoms with van der Waals surface area (Å²) in [7, 11) is 1.40. The molecule has 1 aromatic rings. The number of hydrogen-bond acceptors (Lipinski definition) is 6. The van der Waals surface area contributed by atoms with Crippen LogP contribution in [0.15, 0.2) is 17.3 Å². The van der Waals surface area contributed by atoms with E-state index in [0.29, 0.717) is 6.42 Å². The Morgan fingerprint density at radius 3 is 2.80 bits per heavy atom. The number of ether oxygens (including phenoxy) is 1. The van der Waals surface area contributed by atoms with Gasteiger partial charge in [-0.2, -0.15) is 0 Å². The van der Waals surface area contributed by atoms with Crippen LogP contribution in [0.1, 0.15) is 24.8 Å². The van der Waals surface area contributed by atoms with Gasteiger partial charge in [0.2, 0.25) is 0 Å². The van der Waals surface area contributed by atoms with Crippen LogP contribution < -0.4 is 0 Å². The van der Waals surface area contributed by atoms with Gasteiger partial charge in [0.1, 0.15) is 6.20 Å². The van der Waals surface area contributed by atoms with Gasteiger partial charge < -0.3 is 4.74 Å². The molecule has 0 spiro atoms. The highest BCUT2D eigenvalue weighted by Crippen LogP contribution is 2.52. The summed E-state index contributed by atoms with van der Waals surface area (Å²) in [5.41, 5.74) is 0.814. The van der Waals surface area contributed by atoms with Crippen LogP contribution in [0.2, 0.25) is 0 Å². The number of rotatable bonds is 6. The van der Waals surface area contributed by atoms with Gasteiger partial charge in [-0.3, -0.25) is 14.9 Å². The van der Waals surface area contributed by atoms with Gasteiger partial charge in [-0.1, -0.05) is 0 Å². The van der Waals surface area contributed by atoms with E-state index in [1.165, 1.54) is 19.4 Å². The number of pyridine rings is 1. The Morgan fingerprint density at radius 1 is 1.60 bits per heavy atom. The fraction of sp³-hybridized carbons (Fsp3) is 0.538. The molecule has 1 aliphatic carbocycles. The third kappa shape index (κ3) is 3.47. The van der Waals surface area contributed by atoms with Crippen LogP contribution in [-0.2, 0) is 9.53 Å². The topological polar surface area (TPSA) is 82.3 Å². The maximum atomic E-state index is 11.3. The van der Waals surface area contributed by atoms with Gasteiger partial charge in [0.25, 0.3) is 5.69 Å². The lowest BCUT2D eigenvalue weighted by molar-refractivity contribution is -0.385. The van der Waals surface area contributed by atoms with E-state index in [1.54, 1.807) is 11.8 Å². The van der Waals surface area contributed by atoms with E-state index in [0.717, 1.165) is 29.2 Å². The fourth-order valence-electron chi connectivity index (χ4n) is 1.95. The van der Waals surface area contributed by atoms with Crippen molar-refractivity contribution in [3.8, 4) is 0 Å². The van der Waals surface area contributed by atoms with E-state index in [2.05, 4.69) is 4.98 Å². The molecule has 20 heavy (non-hydrogen) atoms. The minimum Gasteiger partial charge on any atom is -0.469 e. The van der Waals surface area contributed by atoms with Crippen molar-refractivity contribution in [2.75, 3.05) is 12.9 Å². The Hall–Kier alpha value is -1.63. The molecule has 0 atom stereocenters. The molecule has 0 saturated heterocycles. The Bertz CT molecular complexity index is 543. The Labute approximate surface area is 121 Å². The van der Waals surface area contributed by atoms with Crippen molar-refractivity contribution in [1.29, 1.82) is 0 Å². The molecule has 1 aliphatic rings. The van der Waals surface area contributed by atoms with Crippen LogP contribution in [0.25, 0.3) is 0 Å². The summed E-state index contributed by atoms with van der Waals surface area (Å²) in [6.45, 7) is 1.81. The van der Waals surface area contributed by atoms with Gasteiger partial charge in [0, 0.05) is 11.8 Å². The molecule has 0 bridgehead atoms. The molecule has 0 amide bonds. The Kier molecular flexibility index (Phi) is 4.27. The normalized spacial score (nSPS) is 15.7. The van der Waals surface area contributed by atoms with Crippen molar-refractivity contribution in [2.45, 2.75) is 31.2 Å². The highest BCUT2D eigenvalue weighted by molar-refractivity contribution is 7.99. The van der Waals surface area contributed by atoms with Crippen molar-refractivity contribution in [3.63, 3.8) is 0 Å². The molecule has 2 rings (SSSR count). The number of carbonyl (C=O) groups excluding carboxylic acids is 1. The van der Waals surface area contributed by atoms with Crippen molar-refractivity contribution < 1.29 is 14.5 Å². The standard InChI is InChI=1S/C13H16N2O4S/c1-9-5-10(15(17)18)7-14-12(9)20-8-13(3-4-13)6-11(16)19-2/h5,7H,3-4,6,8H2,1-2H3. The van der Waals surface area contributed by atoms with E-state index in [-0.39, 0.29) is 17.1 Å². The number of esters is 1. The average molecular weight is 296 g/mol. The molecule has 0 unspecified atom stereocenters. The molecule has 7 heteroatoms. The van der Waals surface area contributed by atoms with Gasteiger partial charge in [0.05, 0.1) is 23.5 Å². The third-order valence-corrected chi connectivity index (χ3v) is 4.90. The fourth-order valence-corrected chi connectivity index (χ4v) is 3.19. The summed E-state index contributed by atoms with van der Waals surface area (Å²) in [6.07, 6.45) is 3.74. The largest absolute Gasteiger partial charge is 0.469 e. The summed E-state index contributed by atoms with van der Waals surface area (Å²) in [5, 5.41) is 11.4. The van der Waals surface area contributed by atoms with Crippen LogP contribution >= 0.6 is 11.8 Å². The Balaban J connectivity index is 1.98. The zero-order valence-electron chi connectivity index (χ0n) is 11.4. The molecule has 0 N–H and O–H groups in total. The lowest BCUT2D eigenvalue weighted by Gasteiger charge is -2.13. The first-order valence-corrected chi connectivity index (χ1v) is 7.25. The minimum atomic E-state index is -0.450. The summed E-state index contributed by atoms with van der Waals surface area (Å²) in [6, 6.07) is 1.52.